The summed E-state index contributed by atoms with van der Waals surface area (Å²) in [7, 11) is 0. The zero-order valence-corrected chi connectivity index (χ0v) is 8.14. The molecule has 2 nitrogen and oxygen atoms in total. The highest BCUT2D eigenvalue weighted by Crippen LogP contribution is 2.09. The molecule has 0 aromatic heterocycles. The molecule has 1 heterocycles. The molecular weight excluding hydrogens is 199 g/mol. The fourth-order valence-corrected chi connectivity index (χ4v) is 1.42. The van der Waals surface area contributed by atoms with Crippen molar-refractivity contribution < 1.29 is 4.39 Å². The van der Waals surface area contributed by atoms with E-state index in [0.717, 1.165) is 11.3 Å². The molecule has 1 radical (unpaired) electrons. The number of halogens is 1. The average molecular weight is 207 g/mol. The molecule has 0 saturated carbocycles. The van der Waals surface area contributed by atoms with Crippen LogP contribution in [0.1, 0.15) is 5.56 Å². The van der Waals surface area contributed by atoms with Gasteiger partial charge in [-0.05, 0) is 29.9 Å². The molecule has 1 aliphatic rings. The molecule has 0 saturated heterocycles. The Bertz CT molecular complexity index is 384. The lowest BCUT2D eigenvalue weighted by molar-refractivity contribution is 0.627. The van der Waals surface area contributed by atoms with Crippen LogP contribution in [0.3, 0.4) is 0 Å². The minimum absolute atomic E-state index is 0.222. The van der Waals surface area contributed by atoms with Crippen molar-refractivity contribution in [1.82, 2.24) is 10.6 Å². The summed E-state index contributed by atoms with van der Waals surface area (Å²) in [5.74, 6) is -0.222. The molecule has 0 fully saturated rings. The molecule has 1 aliphatic heterocycles. The van der Waals surface area contributed by atoms with E-state index in [9.17, 15) is 4.39 Å². The van der Waals surface area contributed by atoms with E-state index in [2.05, 4.69) is 10.6 Å². The number of benzene rings is 1. The Kier molecular flexibility index (Phi) is 2.45. The topological polar surface area (TPSA) is 26.1 Å². The number of allylic oxidation sites excluding steroid dienone is 1. The quantitative estimate of drug-likeness (QED) is 0.747. The predicted molar refractivity (Wildman–Crippen MR) is 56.1 cm³/mol. The Labute approximate surface area is 86.8 Å². The summed E-state index contributed by atoms with van der Waals surface area (Å²) in [4.78, 5) is 0. The molecule has 1 aromatic carbocycles. The standard InChI is InChI=1S/C10H8FN2S/c11-8-3-1-7(2-4-8)5-9-6-12-10(14)13-9/h1-4,6H,5H2,(H,12,14). The van der Waals surface area contributed by atoms with Crippen LogP contribution >= 0.6 is 12.2 Å². The Balaban J connectivity index is 2.04. The van der Waals surface area contributed by atoms with Crippen LogP contribution in [0.25, 0.3) is 0 Å². The number of hydrogen-bond acceptors (Lipinski definition) is 1. The second-order valence-electron chi connectivity index (χ2n) is 3.00. The fraction of sp³-hybridized carbons (Fsp3) is 0.100. The summed E-state index contributed by atoms with van der Waals surface area (Å²) in [6, 6.07) is 6.37. The number of nitrogens with zero attached hydrogens (tertiary/aromatic N) is 1. The van der Waals surface area contributed by atoms with Gasteiger partial charge < -0.3 is 5.32 Å². The molecule has 14 heavy (non-hydrogen) atoms. The first kappa shape index (κ1) is 9.15. The van der Waals surface area contributed by atoms with E-state index >= 15 is 0 Å². The zero-order valence-electron chi connectivity index (χ0n) is 7.33. The molecule has 2 rings (SSSR count). The molecule has 1 aromatic rings. The minimum atomic E-state index is -0.222. The van der Waals surface area contributed by atoms with E-state index in [1.54, 1.807) is 18.3 Å². The van der Waals surface area contributed by atoms with Gasteiger partial charge in [-0.2, -0.15) is 0 Å². The largest absolute Gasteiger partial charge is 0.336 e. The van der Waals surface area contributed by atoms with Crippen molar-refractivity contribution in [3.63, 3.8) is 0 Å². The van der Waals surface area contributed by atoms with Crippen molar-refractivity contribution in [3.8, 4) is 0 Å². The van der Waals surface area contributed by atoms with Crippen LogP contribution in [0.4, 0.5) is 4.39 Å². The van der Waals surface area contributed by atoms with Gasteiger partial charge >= 0.3 is 0 Å². The maximum atomic E-state index is 12.6. The number of nitrogens with one attached hydrogen (secondary N) is 1. The number of thiocarbonyl (C=S) groups is 1. The molecule has 0 unspecified atom stereocenters. The van der Waals surface area contributed by atoms with Crippen molar-refractivity contribution in [1.29, 1.82) is 0 Å². The summed E-state index contributed by atoms with van der Waals surface area (Å²) < 4.78 is 12.6. The summed E-state index contributed by atoms with van der Waals surface area (Å²) in [6.45, 7) is 0. The molecule has 71 valence electrons. The van der Waals surface area contributed by atoms with Gasteiger partial charge in [0.2, 0.25) is 0 Å². The van der Waals surface area contributed by atoms with Gasteiger partial charge in [0.1, 0.15) is 5.82 Å². The van der Waals surface area contributed by atoms with E-state index in [1.807, 2.05) is 0 Å². The van der Waals surface area contributed by atoms with E-state index in [1.165, 1.54) is 12.1 Å². The smallest absolute Gasteiger partial charge is 0.197 e. The van der Waals surface area contributed by atoms with E-state index in [-0.39, 0.29) is 5.82 Å². The van der Waals surface area contributed by atoms with Gasteiger partial charge in [-0.1, -0.05) is 12.1 Å². The van der Waals surface area contributed by atoms with Crippen LogP contribution in [-0.4, -0.2) is 5.11 Å². The van der Waals surface area contributed by atoms with Crippen LogP contribution < -0.4 is 10.6 Å². The molecule has 0 atom stereocenters. The second-order valence-corrected chi connectivity index (χ2v) is 3.39. The predicted octanol–water partition coefficient (Wildman–Crippen LogP) is 1.70. The van der Waals surface area contributed by atoms with Crippen molar-refractivity contribution in [2.45, 2.75) is 6.42 Å². The summed E-state index contributed by atoms with van der Waals surface area (Å²) in [6.07, 6.45) is 2.44. The lowest BCUT2D eigenvalue weighted by Gasteiger charge is -2.00. The van der Waals surface area contributed by atoms with Gasteiger partial charge in [-0.25, -0.2) is 9.71 Å². The van der Waals surface area contributed by atoms with Crippen molar-refractivity contribution in [2.24, 2.45) is 0 Å². The highest BCUT2D eigenvalue weighted by molar-refractivity contribution is 7.80. The summed E-state index contributed by atoms with van der Waals surface area (Å²) >= 11 is 4.84. The molecule has 0 amide bonds. The number of hydrogen-bond donors (Lipinski definition) is 1. The Morgan fingerprint density at radius 3 is 2.57 bits per heavy atom. The summed E-state index contributed by atoms with van der Waals surface area (Å²) in [5.41, 5.74) is 1.90. The van der Waals surface area contributed by atoms with Crippen LogP contribution in [0.15, 0.2) is 36.2 Å². The summed E-state index contributed by atoms with van der Waals surface area (Å²) in [5, 5.41) is 7.41. The highest BCUT2D eigenvalue weighted by Gasteiger charge is 2.10. The zero-order chi connectivity index (χ0) is 9.97. The monoisotopic (exact) mass is 207 g/mol. The first-order valence-electron chi connectivity index (χ1n) is 4.20. The lowest BCUT2D eigenvalue weighted by Crippen LogP contribution is -2.16. The normalized spacial score (nSPS) is 14.6. The third-order valence-electron chi connectivity index (χ3n) is 1.91. The molecule has 0 aliphatic carbocycles. The highest BCUT2D eigenvalue weighted by atomic mass is 32.1. The lowest BCUT2D eigenvalue weighted by atomic mass is 10.1. The van der Waals surface area contributed by atoms with Gasteiger partial charge in [-0.15, -0.1) is 0 Å². The molecule has 0 bridgehead atoms. The maximum absolute atomic E-state index is 12.6. The van der Waals surface area contributed by atoms with Crippen molar-refractivity contribution >= 4 is 17.3 Å². The van der Waals surface area contributed by atoms with Crippen LogP contribution in [0.2, 0.25) is 0 Å². The molecular formula is C10H8FN2S. The van der Waals surface area contributed by atoms with Crippen LogP contribution in [0, 0.1) is 5.82 Å². The van der Waals surface area contributed by atoms with E-state index in [4.69, 9.17) is 12.2 Å². The van der Waals surface area contributed by atoms with E-state index < -0.39 is 0 Å². The minimum Gasteiger partial charge on any atom is -0.336 e. The van der Waals surface area contributed by atoms with Gasteiger partial charge in [0.25, 0.3) is 0 Å². The number of rotatable bonds is 2. The van der Waals surface area contributed by atoms with Crippen LogP contribution in [-0.2, 0) is 6.42 Å². The first-order valence-corrected chi connectivity index (χ1v) is 4.60. The fourth-order valence-electron chi connectivity index (χ4n) is 1.24. The van der Waals surface area contributed by atoms with Gasteiger partial charge in [0.05, 0.1) is 5.70 Å². The van der Waals surface area contributed by atoms with Crippen molar-refractivity contribution in [3.05, 3.63) is 47.5 Å². The SMILES string of the molecule is Fc1ccc(CC2=CNC(=S)[N]2)cc1. The van der Waals surface area contributed by atoms with Gasteiger partial charge in [-0.3, -0.25) is 0 Å². The Morgan fingerprint density at radius 2 is 2.00 bits per heavy atom. The average Bonchev–Trinajstić information content (AvgIpc) is 2.56. The molecule has 4 heteroatoms. The second kappa shape index (κ2) is 3.75. The van der Waals surface area contributed by atoms with Crippen molar-refractivity contribution in [2.75, 3.05) is 0 Å². The Morgan fingerprint density at radius 1 is 1.29 bits per heavy atom. The third-order valence-corrected chi connectivity index (χ3v) is 2.12. The Hall–Kier alpha value is -1.42. The van der Waals surface area contributed by atoms with Gasteiger partial charge in [0.15, 0.2) is 5.11 Å². The third kappa shape index (κ3) is 2.09. The van der Waals surface area contributed by atoms with Crippen LogP contribution in [0.5, 0.6) is 0 Å². The molecule has 0 spiro atoms. The van der Waals surface area contributed by atoms with E-state index in [0.29, 0.717) is 11.5 Å². The maximum Gasteiger partial charge on any atom is 0.197 e. The van der Waals surface area contributed by atoms with Gasteiger partial charge in [0, 0.05) is 12.6 Å². The first-order chi connectivity index (χ1) is 6.74. The molecule has 1 N–H and O–H groups in total.